The van der Waals surface area contributed by atoms with Crippen LogP contribution in [0.15, 0.2) is 34.7 Å². The van der Waals surface area contributed by atoms with Crippen LogP contribution in [-0.4, -0.2) is 0 Å². The predicted molar refractivity (Wildman–Crippen MR) is 67.1 cm³/mol. The molecule has 0 aliphatic heterocycles. The van der Waals surface area contributed by atoms with E-state index in [2.05, 4.69) is 6.92 Å². The molecular formula is C14H15ClO. The lowest BCUT2D eigenvalue weighted by Crippen LogP contribution is -1.95. The molecule has 0 fully saturated rings. The lowest BCUT2D eigenvalue weighted by molar-refractivity contribution is 0.500. The molecule has 1 atom stereocenters. The van der Waals surface area contributed by atoms with E-state index in [1.54, 1.807) is 0 Å². The molecule has 0 radical (unpaired) electrons. The maximum absolute atomic E-state index is 6.50. The first-order chi connectivity index (χ1) is 7.61. The lowest BCUT2D eigenvalue weighted by Gasteiger charge is -2.10. The third kappa shape index (κ3) is 1.88. The van der Waals surface area contributed by atoms with Crippen LogP contribution in [0.25, 0.3) is 0 Å². The third-order valence-electron chi connectivity index (χ3n) is 2.96. The molecule has 0 amide bonds. The summed E-state index contributed by atoms with van der Waals surface area (Å²) < 4.78 is 5.60. The number of hydrogen-bond donors (Lipinski definition) is 0. The molecule has 16 heavy (non-hydrogen) atoms. The Bertz CT molecular complexity index is 485. The summed E-state index contributed by atoms with van der Waals surface area (Å²) in [7, 11) is 0. The van der Waals surface area contributed by atoms with Gasteiger partial charge in [-0.1, -0.05) is 30.3 Å². The van der Waals surface area contributed by atoms with Crippen molar-refractivity contribution in [1.82, 2.24) is 0 Å². The summed E-state index contributed by atoms with van der Waals surface area (Å²) in [6.07, 6.45) is 0. The van der Waals surface area contributed by atoms with E-state index < -0.39 is 0 Å². The van der Waals surface area contributed by atoms with Gasteiger partial charge >= 0.3 is 0 Å². The highest BCUT2D eigenvalue weighted by Gasteiger charge is 2.20. The van der Waals surface area contributed by atoms with Gasteiger partial charge in [-0.05, 0) is 31.9 Å². The molecule has 2 aromatic rings. The zero-order valence-corrected chi connectivity index (χ0v) is 10.5. The van der Waals surface area contributed by atoms with Crippen LogP contribution in [0.2, 0.25) is 0 Å². The Kier molecular flexibility index (Phi) is 3.06. The van der Waals surface area contributed by atoms with E-state index >= 15 is 0 Å². The Labute approximate surface area is 101 Å². The molecular weight excluding hydrogens is 220 g/mol. The fraction of sp³-hybridized carbons (Fsp3) is 0.286. The van der Waals surface area contributed by atoms with Crippen LogP contribution in [-0.2, 0) is 0 Å². The minimum Gasteiger partial charge on any atom is -0.466 e. The van der Waals surface area contributed by atoms with Crippen molar-refractivity contribution in [2.75, 3.05) is 0 Å². The van der Waals surface area contributed by atoms with Crippen molar-refractivity contribution in [2.45, 2.75) is 26.1 Å². The summed E-state index contributed by atoms with van der Waals surface area (Å²) in [4.78, 5) is 0. The minimum atomic E-state index is -0.126. The monoisotopic (exact) mass is 234 g/mol. The molecule has 0 N–H and O–H groups in total. The van der Waals surface area contributed by atoms with Gasteiger partial charge in [0, 0.05) is 5.56 Å². The maximum Gasteiger partial charge on any atom is 0.106 e. The van der Waals surface area contributed by atoms with Crippen molar-refractivity contribution in [3.8, 4) is 0 Å². The molecule has 1 aromatic carbocycles. The maximum atomic E-state index is 6.50. The summed E-state index contributed by atoms with van der Waals surface area (Å²) in [6, 6.07) is 10.1. The standard InChI is InChI=1S/C14H15ClO/c1-9-10(2)16-11(3)13(9)14(15)12-7-5-4-6-8-12/h4-8,14H,1-3H3. The van der Waals surface area contributed by atoms with Gasteiger partial charge in [0.25, 0.3) is 0 Å². The molecule has 0 saturated heterocycles. The Balaban J connectivity index is 2.45. The van der Waals surface area contributed by atoms with Gasteiger partial charge in [0.05, 0.1) is 5.38 Å². The van der Waals surface area contributed by atoms with E-state index in [1.165, 1.54) is 0 Å². The molecule has 84 valence electrons. The van der Waals surface area contributed by atoms with E-state index in [1.807, 2.05) is 44.2 Å². The highest BCUT2D eigenvalue weighted by Crippen LogP contribution is 2.35. The second kappa shape index (κ2) is 4.34. The fourth-order valence-corrected chi connectivity index (χ4v) is 2.43. The highest BCUT2D eigenvalue weighted by atomic mass is 35.5. The highest BCUT2D eigenvalue weighted by molar-refractivity contribution is 6.22. The second-order valence-corrected chi connectivity index (χ2v) is 4.46. The summed E-state index contributed by atoms with van der Waals surface area (Å²) in [5.41, 5.74) is 3.36. The van der Waals surface area contributed by atoms with Crippen LogP contribution in [0.5, 0.6) is 0 Å². The Morgan fingerprint density at radius 1 is 1.00 bits per heavy atom. The van der Waals surface area contributed by atoms with Crippen LogP contribution >= 0.6 is 11.6 Å². The zero-order chi connectivity index (χ0) is 11.7. The summed E-state index contributed by atoms with van der Waals surface area (Å²) >= 11 is 6.50. The number of alkyl halides is 1. The zero-order valence-electron chi connectivity index (χ0n) is 9.75. The van der Waals surface area contributed by atoms with Gasteiger partial charge in [0.15, 0.2) is 0 Å². The molecule has 2 rings (SSSR count). The van der Waals surface area contributed by atoms with E-state index in [9.17, 15) is 0 Å². The van der Waals surface area contributed by atoms with Crippen molar-refractivity contribution in [1.29, 1.82) is 0 Å². The molecule has 1 aromatic heterocycles. The van der Waals surface area contributed by atoms with Gasteiger partial charge in [0.1, 0.15) is 11.5 Å². The van der Waals surface area contributed by atoms with Crippen molar-refractivity contribution in [2.24, 2.45) is 0 Å². The molecule has 0 bridgehead atoms. The smallest absolute Gasteiger partial charge is 0.106 e. The quantitative estimate of drug-likeness (QED) is 0.696. The van der Waals surface area contributed by atoms with E-state index in [0.29, 0.717) is 0 Å². The summed E-state index contributed by atoms with van der Waals surface area (Å²) in [5, 5.41) is -0.126. The topological polar surface area (TPSA) is 13.1 Å². The van der Waals surface area contributed by atoms with Crippen LogP contribution in [0.1, 0.15) is 33.6 Å². The largest absolute Gasteiger partial charge is 0.466 e. The number of rotatable bonds is 2. The Morgan fingerprint density at radius 2 is 1.62 bits per heavy atom. The van der Waals surface area contributed by atoms with Gasteiger partial charge in [0.2, 0.25) is 0 Å². The second-order valence-electron chi connectivity index (χ2n) is 4.03. The van der Waals surface area contributed by atoms with Gasteiger partial charge < -0.3 is 4.42 Å². The lowest BCUT2D eigenvalue weighted by atomic mass is 10.0. The molecule has 2 heteroatoms. The minimum absolute atomic E-state index is 0.126. The predicted octanol–water partition coefficient (Wildman–Crippen LogP) is 4.53. The molecule has 0 aliphatic carbocycles. The van der Waals surface area contributed by atoms with Crippen molar-refractivity contribution in [3.63, 3.8) is 0 Å². The van der Waals surface area contributed by atoms with Gasteiger partial charge in [-0.3, -0.25) is 0 Å². The first kappa shape index (κ1) is 11.3. The number of benzene rings is 1. The fourth-order valence-electron chi connectivity index (χ4n) is 1.97. The van der Waals surface area contributed by atoms with Crippen LogP contribution in [0.4, 0.5) is 0 Å². The summed E-state index contributed by atoms with van der Waals surface area (Å²) in [5.74, 6) is 1.87. The van der Waals surface area contributed by atoms with Gasteiger partial charge in [-0.25, -0.2) is 0 Å². The number of halogens is 1. The Morgan fingerprint density at radius 3 is 2.12 bits per heavy atom. The van der Waals surface area contributed by atoms with Gasteiger partial charge in [-0.2, -0.15) is 0 Å². The third-order valence-corrected chi connectivity index (χ3v) is 3.43. The molecule has 0 spiro atoms. The van der Waals surface area contributed by atoms with E-state index in [-0.39, 0.29) is 5.38 Å². The first-order valence-electron chi connectivity index (χ1n) is 5.36. The van der Waals surface area contributed by atoms with E-state index in [0.717, 1.165) is 28.2 Å². The molecule has 1 unspecified atom stereocenters. The Hall–Kier alpha value is -1.21. The SMILES string of the molecule is Cc1oc(C)c(C(Cl)c2ccccc2)c1C. The first-order valence-corrected chi connectivity index (χ1v) is 5.80. The summed E-state index contributed by atoms with van der Waals surface area (Å²) in [6.45, 7) is 5.99. The number of aryl methyl sites for hydroxylation is 2. The molecule has 1 heterocycles. The molecule has 0 aliphatic rings. The average Bonchev–Trinajstić information content (AvgIpc) is 2.54. The average molecular weight is 235 g/mol. The van der Waals surface area contributed by atoms with Crippen LogP contribution < -0.4 is 0 Å². The number of hydrogen-bond acceptors (Lipinski definition) is 1. The number of furan rings is 1. The molecule has 0 saturated carbocycles. The normalized spacial score (nSPS) is 12.8. The van der Waals surface area contributed by atoms with Crippen LogP contribution in [0.3, 0.4) is 0 Å². The molecule has 1 nitrogen and oxygen atoms in total. The van der Waals surface area contributed by atoms with E-state index in [4.69, 9.17) is 16.0 Å². The van der Waals surface area contributed by atoms with Crippen LogP contribution in [0, 0.1) is 20.8 Å². The van der Waals surface area contributed by atoms with Crippen molar-refractivity contribution < 1.29 is 4.42 Å². The van der Waals surface area contributed by atoms with Crippen molar-refractivity contribution in [3.05, 3.63) is 58.5 Å². The van der Waals surface area contributed by atoms with Crippen molar-refractivity contribution >= 4 is 11.6 Å². The van der Waals surface area contributed by atoms with Gasteiger partial charge in [-0.15, -0.1) is 11.6 Å².